The minimum absolute atomic E-state index is 0.245. The number of nitro groups is 1. The van der Waals surface area contributed by atoms with Crippen molar-refractivity contribution in [2.45, 2.75) is 0 Å². The highest BCUT2D eigenvalue weighted by Crippen LogP contribution is 2.10. The molecule has 1 aliphatic rings. The van der Waals surface area contributed by atoms with Crippen molar-refractivity contribution in [3.63, 3.8) is 0 Å². The molecule has 0 aromatic heterocycles. The van der Waals surface area contributed by atoms with Gasteiger partial charge in [-0.05, 0) is 11.9 Å². The molecule has 1 aliphatic heterocycles. The summed E-state index contributed by atoms with van der Waals surface area (Å²) in [4.78, 5) is 9.50. The highest BCUT2D eigenvalue weighted by molar-refractivity contribution is 8.00. The Bertz CT molecular complexity index is 144. The number of hydrogen-bond donors (Lipinski definition) is 1. The topological polar surface area (TPSA) is 55.2 Å². The Labute approximate surface area is 50.2 Å². The van der Waals surface area contributed by atoms with Crippen LogP contribution in [0.15, 0.2) is 11.1 Å². The highest BCUT2D eigenvalue weighted by Gasteiger charge is 2.14. The van der Waals surface area contributed by atoms with Gasteiger partial charge >= 0.3 is 0 Å². The Hall–Kier alpha value is -0.550. The van der Waals surface area contributed by atoms with E-state index in [9.17, 15) is 10.1 Å². The highest BCUT2D eigenvalue weighted by atomic mass is 32.2. The first-order valence-corrected chi connectivity index (χ1v) is 2.90. The van der Waals surface area contributed by atoms with E-state index in [4.69, 9.17) is 0 Å². The fourth-order valence-electron chi connectivity index (χ4n) is 0.375. The van der Waals surface area contributed by atoms with Gasteiger partial charge in [0.25, 0.3) is 5.70 Å². The summed E-state index contributed by atoms with van der Waals surface area (Å²) >= 11 is 1.26. The van der Waals surface area contributed by atoms with Crippen molar-refractivity contribution in [2.75, 3.05) is 6.54 Å². The summed E-state index contributed by atoms with van der Waals surface area (Å²) in [6.07, 6.45) is 0. The van der Waals surface area contributed by atoms with Gasteiger partial charge in [0.05, 0.1) is 16.9 Å². The molecule has 1 N–H and O–H groups in total. The van der Waals surface area contributed by atoms with E-state index in [1.54, 1.807) is 0 Å². The molecule has 0 fully saturated rings. The lowest BCUT2D eigenvalue weighted by molar-refractivity contribution is -0.424. The van der Waals surface area contributed by atoms with Crippen LogP contribution < -0.4 is 4.72 Å². The van der Waals surface area contributed by atoms with Crippen molar-refractivity contribution < 1.29 is 4.92 Å². The summed E-state index contributed by atoms with van der Waals surface area (Å²) in [5, 5.41) is 11.4. The van der Waals surface area contributed by atoms with Crippen molar-refractivity contribution in [1.29, 1.82) is 0 Å². The van der Waals surface area contributed by atoms with E-state index in [-0.39, 0.29) is 10.6 Å². The van der Waals surface area contributed by atoms with E-state index in [2.05, 4.69) is 4.72 Å². The Morgan fingerprint density at radius 1 is 2.00 bits per heavy atom. The fourth-order valence-corrected chi connectivity index (χ4v) is 0.995. The minimum atomic E-state index is -0.382. The van der Waals surface area contributed by atoms with Gasteiger partial charge in [0.1, 0.15) is 0 Å². The van der Waals surface area contributed by atoms with E-state index in [0.717, 1.165) is 0 Å². The predicted octanol–water partition coefficient (Wildman–Crippen LogP) is 0.356. The Balaban J connectivity index is 2.57. The van der Waals surface area contributed by atoms with E-state index < -0.39 is 0 Å². The predicted molar refractivity (Wildman–Crippen MR) is 30.7 cm³/mol. The van der Waals surface area contributed by atoms with Gasteiger partial charge in [0, 0.05) is 0 Å². The number of nitrogens with one attached hydrogen (secondary N) is 1. The lowest BCUT2D eigenvalue weighted by Crippen LogP contribution is -2.06. The van der Waals surface area contributed by atoms with Gasteiger partial charge in [-0.25, -0.2) is 4.72 Å². The third-order valence-corrected chi connectivity index (χ3v) is 1.47. The van der Waals surface area contributed by atoms with Crippen LogP contribution >= 0.6 is 11.9 Å². The van der Waals surface area contributed by atoms with Gasteiger partial charge < -0.3 is 0 Å². The molecule has 0 aliphatic carbocycles. The number of hydrogen-bond acceptors (Lipinski definition) is 4. The molecular weight excluding hydrogens is 128 g/mol. The Morgan fingerprint density at radius 2 is 2.75 bits per heavy atom. The second-order valence-electron chi connectivity index (χ2n) is 1.31. The average Bonchev–Trinajstić information content (AvgIpc) is 2.12. The molecule has 0 amide bonds. The molecule has 1 heterocycles. The monoisotopic (exact) mass is 132 g/mol. The molecule has 0 radical (unpaired) electrons. The third-order valence-electron chi connectivity index (χ3n) is 0.766. The van der Waals surface area contributed by atoms with Crippen LogP contribution in [0.2, 0.25) is 0 Å². The SMILES string of the molecule is O=[N+]([O-])C1=CSNC1. The first-order chi connectivity index (χ1) is 3.80. The van der Waals surface area contributed by atoms with Crippen LogP contribution in [0.3, 0.4) is 0 Å². The van der Waals surface area contributed by atoms with E-state index in [1.165, 1.54) is 17.4 Å². The summed E-state index contributed by atoms with van der Waals surface area (Å²) in [7, 11) is 0. The minimum Gasteiger partial charge on any atom is -0.259 e. The lowest BCUT2D eigenvalue weighted by Gasteiger charge is -1.84. The van der Waals surface area contributed by atoms with E-state index >= 15 is 0 Å². The van der Waals surface area contributed by atoms with Crippen molar-refractivity contribution in [3.05, 3.63) is 21.2 Å². The summed E-state index contributed by atoms with van der Waals surface area (Å²) in [6.45, 7) is 0.373. The van der Waals surface area contributed by atoms with Crippen LogP contribution in [-0.2, 0) is 0 Å². The zero-order valence-corrected chi connectivity index (χ0v) is 4.77. The van der Waals surface area contributed by atoms with E-state index in [1.807, 2.05) is 0 Å². The van der Waals surface area contributed by atoms with Gasteiger partial charge in [0.15, 0.2) is 0 Å². The summed E-state index contributed by atoms with van der Waals surface area (Å²) in [5.41, 5.74) is 0.245. The van der Waals surface area contributed by atoms with Crippen LogP contribution in [0.25, 0.3) is 0 Å². The first kappa shape index (κ1) is 5.58. The Morgan fingerprint density at radius 3 is 3.00 bits per heavy atom. The zero-order valence-electron chi connectivity index (χ0n) is 3.96. The molecule has 0 bridgehead atoms. The number of nitrogens with zero attached hydrogens (tertiary/aromatic N) is 1. The van der Waals surface area contributed by atoms with Crippen LogP contribution in [0.4, 0.5) is 0 Å². The lowest BCUT2D eigenvalue weighted by atomic mass is 10.5. The zero-order chi connectivity index (χ0) is 5.98. The molecule has 1 rings (SSSR count). The van der Waals surface area contributed by atoms with Crippen molar-refractivity contribution in [1.82, 2.24) is 4.72 Å². The molecule has 0 saturated carbocycles. The molecule has 0 aromatic rings. The van der Waals surface area contributed by atoms with Gasteiger partial charge in [0.2, 0.25) is 0 Å². The first-order valence-electron chi connectivity index (χ1n) is 2.02. The molecule has 4 nitrogen and oxygen atoms in total. The standard InChI is InChI=1S/C3H4N2O2S/c6-5(7)3-1-4-8-2-3/h2,4H,1H2. The average molecular weight is 132 g/mol. The molecule has 44 valence electrons. The maximum atomic E-state index is 9.89. The molecule has 0 spiro atoms. The van der Waals surface area contributed by atoms with Gasteiger partial charge in [-0.2, -0.15) is 0 Å². The van der Waals surface area contributed by atoms with Crippen LogP contribution in [-0.4, -0.2) is 11.5 Å². The summed E-state index contributed by atoms with van der Waals surface area (Å²) < 4.78 is 2.74. The quantitative estimate of drug-likeness (QED) is 0.318. The van der Waals surface area contributed by atoms with Crippen molar-refractivity contribution >= 4 is 11.9 Å². The molecule has 8 heavy (non-hydrogen) atoms. The summed E-state index contributed by atoms with van der Waals surface area (Å²) in [5.74, 6) is 0. The fraction of sp³-hybridized carbons (Fsp3) is 0.333. The van der Waals surface area contributed by atoms with Crippen LogP contribution in [0.1, 0.15) is 0 Å². The second-order valence-corrected chi connectivity index (χ2v) is 2.07. The number of rotatable bonds is 1. The van der Waals surface area contributed by atoms with Crippen molar-refractivity contribution in [3.8, 4) is 0 Å². The van der Waals surface area contributed by atoms with E-state index in [0.29, 0.717) is 6.54 Å². The van der Waals surface area contributed by atoms with Crippen LogP contribution in [0.5, 0.6) is 0 Å². The normalized spacial score (nSPS) is 18.2. The summed E-state index contributed by atoms with van der Waals surface area (Å²) in [6, 6.07) is 0. The molecule has 0 atom stereocenters. The second kappa shape index (κ2) is 2.15. The maximum absolute atomic E-state index is 9.89. The molecule has 0 saturated heterocycles. The largest absolute Gasteiger partial charge is 0.268 e. The smallest absolute Gasteiger partial charge is 0.259 e. The van der Waals surface area contributed by atoms with Crippen LogP contribution in [0, 0.1) is 10.1 Å². The maximum Gasteiger partial charge on any atom is 0.268 e. The molecule has 0 aromatic carbocycles. The van der Waals surface area contributed by atoms with Crippen molar-refractivity contribution in [2.24, 2.45) is 0 Å². The molecule has 5 heteroatoms. The molecule has 0 unspecified atom stereocenters. The third kappa shape index (κ3) is 0.988. The Kier molecular flexibility index (Phi) is 1.50. The van der Waals surface area contributed by atoms with Gasteiger partial charge in [-0.1, -0.05) is 0 Å². The van der Waals surface area contributed by atoms with Gasteiger partial charge in [-0.15, -0.1) is 0 Å². The molecular formula is C3H4N2O2S. The van der Waals surface area contributed by atoms with Gasteiger partial charge in [-0.3, -0.25) is 10.1 Å².